The van der Waals surface area contributed by atoms with Gasteiger partial charge in [0.25, 0.3) is 0 Å². The topological polar surface area (TPSA) is 35.6 Å². The molecule has 4 nitrogen and oxygen atoms in total. The molecule has 1 aromatic rings. The first-order valence-corrected chi connectivity index (χ1v) is 8.03. The van der Waals surface area contributed by atoms with Gasteiger partial charge in [0.2, 0.25) is 5.91 Å². The average Bonchev–Trinajstić information content (AvgIpc) is 3.02. The zero-order valence-corrected chi connectivity index (χ0v) is 14.4. The number of anilines is 1. The van der Waals surface area contributed by atoms with Gasteiger partial charge in [0.05, 0.1) is 11.0 Å². The van der Waals surface area contributed by atoms with E-state index in [1.807, 2.05) is 4.90 Å². The Morgan fingerprint density at radius 3 is 2.52 bits per heavy atom. The quantitative estimate of drug-likeness (QED) is 0.888. The first-order chi connectivity index (χ1) is 9.34. The van der Waals surface area contributed by atoms with Crippen LogP contribution < -0.4 is 10.2 Å². The molecule has 1 N–H and O–H groups in total. The number of rotatable bonds is 2. The van der Waals surface area contributed by atoms with E-state index in [1.165, 1.54) is 17.8 Å². The number of carbonyl (C=O) groups is 1. The molecular weight excluding hydrogens is 329 g/mol. The van der Waals surface area contributed by atoms with Crippen LogP contribution in [0.1, 0.15) is 19.3 Å². The molecular formula is C14H23Cl2N3OS. The summed E-state index contributed by atoms with van der Waals surface area (Å²) >= 11 is 1.78. The fraction of sp³-hybridized carbons (Fsp3) is 0.643. The first kappa shape index (κ1) is 18.6. The number of hydrogen-bond donors (Lipinski definition) is 1. The average molecular weight is 352 g/mol. The van der Waals surface area contributed by atoms with Gasteiger partial charge in [0.1, 0.15) is 0 Å². The zero-order chi connectivity index (χ0) is 13.1. The molecule has 2 saturated heterocycles. The normalized spacial score (nSPS) is 22.2. The second kappa shape index (κ2) is 8.83. The Morgan fingerprint density at radius 1 is 1.19 bits per heavy atom. The number of piperidine rings is 1. The molecule has 1 amide bonds. The predicted octanol–water partition coefficient (Wildman–Crippen LogP) is 2.38. The second-order valence-electron chi connectivity index (χ2n) is 5.27. The number of amides is 1. The fourth-order valence-electron chi connectivity index (χ4n) is 2.88. The van der Waals surface area contributed by atoms with Crippen LogP contribution in [0.4, 0.5) is 5.00 Å². The summed E-state index contributed by atoms with van der Waals surface area (Å²) in [5.41, 5.74) is 0. The minimum absolute atomic E-state index is 0. The molecule has 0 spiro atoms. The van der Waals surface area contributed by atoms with Crippen LogP contribution in [0.3, 0.4) is 0 Å². The maximum atomic E-state index is 12.4. The van der Waals surface area contributed by atoms with Crippen molar-refractivity contribution < 1.29 is 4.79 Å². The van der Waals surface area contributed by atoms with E-state index in [0.717, 1.165) is 39.1 Å². The molecule has 7 heteroatoms. The third-order valence-electron chi connectivity index (χ3n) is 4.02. The Hall–Kier alpha value is -0.490. The van der Waals surface area contributed by atoms with Crippen LogP contribution in [0.15, 0.2) is 17.5 Å². The van der Waals surface area contributed by atoms with Crippen LogP contribution in [0.2, 0.25) is 0 Å². The monoisotopic (exact) mass is 351 g/mol. The summed E-state index contributed by atoms with van der Waals surface area (Å²) in [5, 5.41) is 6.78. The fourth-order valence-corrected chi connectivity index (χ4v) is 3.67. The molecule has 2 aliphatic heterocycles. The number of thiophene rings is 1. The van der Waals surface area contributed by atoms with Crippen molar-refractivity contribution in [1.29, 1.82) is 0 Å². The van der Waals surface area contributed by atoms with Gasteiger partial charge in [-0.15, -0.1) is 36.2 Å². The van der Waals surface area contributed by atoms with Gasteiger partial charge in [-0.25, -0.2) is 0 Å². The van der Waals surface area contributed by atoms with Crippen molar-refractivity contribution in [3.05, 3.63) is 17.5 Å². The highest BCUT2D eigenvalue weighted by Crippen LogP contribution is 2.22. The summed E-state index contributed by atoms with van der Waals surface area (Å²) in [7, 11) is 0. The first-order valence-electron chi connectivity index (χ1n) is 7.15. The minimum atomic E-state index is 0. The number of nitrogens with zero attached hydrogens (tertiary/aromatic N) is 2. The van der Waals surface area contributed by atoms with Gasteiger partial charge in [-0.3, -0.25) is 4.79 Å². The lowest BCUT2D eigenvalue weighted by atomic mass is 10.0. The van der Waals surface area contributed by atoms with E-state index in [-0.39, 0.29) is 30.9 Å². The van der Waals surface area contributed by atoms with Crippen LogP contribution >= 0.6 is 36.2 Å². The molecule has 1 aromatic heterocycles. The van der Waals surface area contributed by atoms with Crippen LogP contribution in [-0.4, -0.2) is 49.6 Å². The molecule has 0 radical (unpaired) electrons. The highest BCUT2D eigenvalue weighted by Gasteiger charge is 2.28. The van der Waals surface area contributed by atoms with Gasteiger partial charge in [0.15, 0.2) is 0 Å². The number of hydrogen-bond acceptors (Lipinski definition) is 4. The highest BCUT2D eigenvalue weighted by molar-refractivity contribution is 7.14. The molecule has 2 aliphatic rings. The lowest BCUT2D eigenvalue weighted by Gasteiger charge is -2.37. The van der Waals surface area contributed by atoms with Gasteiger partial charge in [-0.2, -0.15) is 0 Å². The Kier molecular flexibility index (Phi) is 7.81. The summed E-state index contributed by atoms with van der Waals surface area (Å²) < 4.78 is 0. The Bertz CT molecular complexity index is 416. The minimum Gasteiger partial charge on any atom is -0.360 e. The SMILES string of the molecule is Cl.Cl.O=C([C@H]1CCCCN1)N1CCN(c2cccs2)CC1. The lowest BCUT2D eigenvalue weighted by molar-refractivity contribution is -0.134. The lowest BCUT2D eigenvalue weighted by Crippen LogP contribution is -2.55. The van der Waals surface area contributed by atoms with Crippen LogP contribution in [0.25, 0.3) is 0 Å². The third kappa shape index (κ3) is 4.49. The Morgan fingerprint density at radius 2 is 1.95 bits per heavy atom. The van der Waals surface area contributed by atoms with Gasteiger partial charge in [-0.1, -0.05) is 6.42 Å². The number of piperazine rings is 1. The van der Waals surface area contributed by atoms with Crippen molar-refractivity contribution in [2.24, 2.45) is 0 Å². The standard InChI is InChI=1S/C14H21N3OS.2ClH/c18-14(12-4-1-2-6-15-12)17-9-7-16(8-10-17)13-5-3-11-19-13;;/h3,5,11-12,15H,1-2,4,6-10H2;2*1H/t12-;;/m1../s1. The van der Waals surface area contributed by atoms with Gasteiger partial charge in [0, 0.05) is 26.2 Å². The summed E-state index contributed by atoms with van der Waals surface area (Å²) in [6.45, 7) is 4.62. The van der Waals surface area contributed by atoms with Crippen molar-refractivity contribution >= 4 is 47.1 Å². The number of halogens is 2. The summed E-state index contributed by atoms with van der Waals surface area (Å²) in [5.74, 6) is 0.311. The largest absolute Gasteiger partial charge is 0.360 e. The Labute approximate surface area is 142 Å². The third-order valence-corrected chi connectivity index (χ3v) is 4.95. The second-order valence-corrected chi connectivity index (χ2v) is 6.19. The molecule has 0 saturated carbocycles. The van der Waals surface area contributed by atoms with Crippen molar-refractivity contribution in [2.75, 3.05) is 37.6 Å². The van der Waals surface area contributed by atoms with E-state index in [9.17, 15) is 4.79 Å². The van der Waals surface area contributed by atoms with E-state index < -0.39 is 0 Å². The highest BCUT2D eigenvalue weighted by atomic mass is 35.5. The van der Waals surface area contributed by atoms with Crippen LogP contribution in [0.5, 0.6) is 0 Å². The molecule has 2 fully saturated rings. The molecule has 3 rings (SSSR count). The van der Waals surface area contributed by atoms with Crippen LogP contribution in [-0.2, 0) is 4.79 Å². The van der Waals surface area contributed by atoms with Gasteiger partial charge in [-0.05, 0) is 36.9 Å². The van der Waals surface area contributed by atoms with Gasteiger partial charge < -0.3 is 15.1 Å². The van der Waals surface area contributed by atoms with E-state index in [1.54, 1.807) is 11.3 Å². The van der Waals surface area contributed by atoms with Crippen molar-refractivity contribution in [2.45, 2.75) is 25.3 Å². The summed E-state index contributed by atoms with van der Waals surface area (Å²) in [6.07, 6.45) is 3.39. The van der Waals surface area contributed by atoms with E-state index >= 15 is 0 Å². The van der Waals surface area contributed by atoms with Crippen molar-refractivity contribution in [3.8, 4) is 0 Å². The predicted molar refractivity (Wildman–Crippen MR) is 93.2 cm³/mol. The maximum absolute atomic E-state index is 12.4. The van der Waals surface area contributed by atoms with Gasteiger partial charge >= 0.3 is 0 Å². The molecule has 3 heterocycles. The molecule has 0 bridgehead atoms. The number of carbonyl (C=O) groups excluding carboxylic acids is 1. The van der Waals surface area contributed by atoms with E-state index in [0.29, 0.717) is 5.91 Å². The Balaban J connectivity index is 0.00000110. The van der Waals surface area contributed by atoms with Crippen molar-refractivity contribution in [3.63, 3.8) is 0 Å². The molecule has 120 valence electrons. The smallest absolute Gasteiger partial charge is 0.239 e. The summed E-state index contributed by atoms with van der Waals surface area (Å²) in [4.78, 5) is 16.8. The summed E-state index contributed by atoms with van der Waals surface area (Å²) in [6, 6.07) is 4.32. The van der Waals surface area contributed by atoms with Crippen LogP contribution in [0, 0.1) is 0 Å². The molecule has 0 aromatic carbocycles. The molecule has 1 atom stereocenters. The van der Waals surface area contributed by atoms with E-state index in [2.05, 4.69) is 27.7 Å². The molecule has 0 unspecified atom stereocenters. The molecule has 0 aliphatic carbocycles. The zero-order valence-electron chi connectivity index (χ0n) is 12.0. The number of nitrogens with one attached hydrogen (secondary N) is 1. The van der Waals surface area contributed by atoms with Crippen molar-refractivity contribution in [1.82, 2.24) is 10.2 Å². The van der Waals surface area contributed by atoms with E-state index in [4.69, 9.17) is 0 Å². The molecule has 21 heavy (non-hydrogen) atoms. The maximum Gasteiger partial charge on any atom is 0.239 e.